The molecule has 0 aliphatic carbocycles. The second-order valence-corrected chi connectivity index (χ2v) is 0.989. The molecule has 0 aromatic rings. The Kier molecular flexibility index (Phi) is 3.66. The Morgan fingerprint density at radius 3 is 2.12 bits per heavy atom. The summed E-state index contributed by atoms with van der Waals surface area (Å²) in [6.07, 6.45) is 2.58. The topological polar surface area (TPSA) is 35.5 Å². The minimum Gasteiger partial charge on any atom is -0.469 e. The molecule has 0 rings (SSSR count). The van der Waals surface area contributed by atoms with Gasteiger partial charge in [-0.15, -0.1) is 0 Å². The smallest absolute Gasteiger partial charge is 0.282 e. The largest absolute Gasteiger partial charge is 0.469 e. The van der Waals surface area contributed by atoms with Gasteiger partial charge in [0.05, 0.1) is 20.3 Å². The van der Waals surface area contributed by atoms with E-state index < -0.39 is 0 Å². The van der Waals surface area contributed by atoms with Crippen molar-refractivity contribution in [3.63, 3.8) is 0 Å². The van der Waals surface area contributed by atoms with Gasteiger partial charge in [0, 0.05) is 0 Å². The second kappa shape index (κ2) is 4.18. The molecule has 8 heavy (non-hydrogen) atoms. The third kappa shape index (κ3) is 2.23. The Hall–Kier alpha value is -0.990. The van der Waals surface area contributed by atoms with Gasteiger partial charge in [-0.25, -0.2) is 0 Å². The van der Waals surface area contributed by atoms with Gasteiger partial charge in [0.15, 0.2) is 0 Å². The fourth-order valence-electron chi connectivity index (χ4n) is 0.249. The predicted octanol–water partition coefficient (Wildman–Crippen LogP) is 0.230. The van der Waals surface area contributed by atoms with Crippen LogP contribution in [0.4, 0.5) is 0 Å². The van der Waals surface area contributed by atoms with Crippen molar-refractivity contribution in [2.45, 2.75) is 0 Å². The first-order valence-electron chi connectivity index (χ1n) is 2.01. The number of methoxy groups -OCH3 is 2. The number of allylic oxidation sites excluding steroid dienone is 1. The van der Waals surface area contributed by atoms with Gasteiger partial charge >= 0.3 is 0 Å². The maximum Gasteiger partial charge on any atom is 0.282 e. The van der Waals surface area contributed by atoms with Crippen molar-refractivity contribution in [1.29, 1.82) is 0 Å². The molecule has 0 saturated heterocycles. The van der Waals surface area contributed by atoms with E-state index in [-0.39, 0.29) is 5.95 Å². The molecular weight excluding hydrogens is 108 g/mol. The van der Waals surface area contributed by atoms with Crippen LogP contribution in [0, 0.1) is 0 Å². The monoisotopic (exact) mass is 115 g/mol. The van der Waals surface area contributed by atoms with E-state index in [4.69, 9.17) is 0 Å². The molecule has 3 nitrogen and oxygen atoms in total. The van der Waals surface area contributed by atoms with Crippen LogP contribution in [0.2, 0.25) is 0 Å². The summed E-state index contributed by atoms with van der Waals surface area (Å²) in [4.78, 5) is 9.57. The average molecular weight is 115 g/mol. The zero-order chi connectivity index (χ0) is 6.41. The quantitative estimate of drug-likeness (QED) is 0.390. The molecule has 0 aliphatic heterocycles. The van der Waals surface area contributed by atoms with Gasteiger partial charge in [-0.3, -0.25) is 4.79 Å². The lowest BCUT2D eigenvalue weighted by molar-refractivity contribution is 0.0960. The SMILES string of the molecule is COC(=C[C]=O)OC. The Balaban J connectivity index is 3.66. The van der Waals surface area contributed by atoms with E-state index in [1.54, 1.807) is 0 Å². The fraction of sp³-hybridized carbons (Fsp3) is 0.400. The van der Waals surface area contributed by atoms with Crippen molar-refractivity contribution < 1.29 is 14.3 Å². The number of hydrogen-bond donors (Lipinski definition) is 0. The van der Waals surface area contributed by atoms with Crippen LogP contribution in [0.5, 0.6) is 0 Å². The summed E-state index contributed by atoms with van der Waals surface area (Å²) in [5, 5.41) is 0. The van der Waals surface area contributed by atoms with Gasteiger partial charge in [-0.05, 0) is 0 Å². The van der Waals surface area contributed by atoms with Crippen molar-refractivity contribution in [2.75, 3.05) is 14.2 Å². The zero-order valence-corrected chi connectivity index (χ0v) is 4.80. The molecule has 0 unspecified atom stereocenters. The molecule has 0 spiro atoms. The molecule has 0 amide bonds. The minimum atomic E-state index is 0.167. The standard InChI is InChI=1S/C5H7O3/c1-7-5(8-2)3-4-6/h3H,1-2H3. The van der Waals surface area contributed by atoms with E-state index in [0.717, 1.165) is 6.08 Å². The molecular formula is C5H7O3. The van der Waals surface area contributed by atoms with Crippen molar-refractivity contribution >= 4 is 6.29 Å². The summed E-state index contributed by atoms with van der Waals surface area (Å²) in [7, 11) is 2.82. The average Bonchev–Trinajstić information content (AvgIpc) is 1.83. The van der Waals surface area contributed by atoms with Crippen molar-refractivity contribution in [1.82, 2.24) is 0 Å². The lowest BCUT2D eigenvalue weighted by atomic mass is 10.7. The van der Waals surface area contributed by atoms with Crippen molar-refractivity contribution in [2.24, 2.45) is 0 Å². The Bertz CT molecular complexity index is 89.8. The molecule has 0 bridgehead atoms. The molecule has 0 N–H and O–H groups in total. The van der Waals surface area contributed by atoms with E-state index in [1.807, 2.05) is 0 Å². The molecule has 0 aromatic carbocycles. The van der Waals surface area contributed by atoms with Crippen LogP contribution < -0.4 is 0 Å². The summed E-state index contributed by atoms with van der Waals surface area (Å²) in [5.74, 6) is 0.167. The summed E-state index contributed by atoms with van der Waals surface area (Å²) in [6, 6.07) is 0. The Morgan fingerprint density at radius 2 is 2.00 bits per heavy atom. The lowest BCUT2D eigenvalue weighted by Crippen LogP contribution is -1.88. The molecule has 45 valence electrons. The molecule has 0 aromatic heterocycles. The first kappa shape index (κ1) is 7.01. The van der Waals surface area contributed by atoms with Crippen LogP contribution in [0.15, 0.2) is 12.0 Å². The minimum absolute atomic E-state index is 0.167. The number of rotatable bonds is 3. The number of ether oxygens (including phenoxy) is 2. The third-order valence-electron chi connectivity index (χ3n) is 0.579. The first-order chi connectivity index (χ1) is 3.85. The van der Waals surface area contributed by atoms with Gasteiger partial charge in [0.1, 0.15) is 0 Å². The van der Waals surface area contributed by atoms with Crippen LogP contribution in [-0.2, 0) is 14.3 Å². The van der Waals surface area contributed by atoms with Crippen molar-refractivity contribution in [3.8, 4) is 0 Å². The predicted molar refractivity (Wildman–Crippen MR) is 27.8 cm³/mol. The lowest BCUT2D eigenvalue weighted by Gasteiger charge is -1.98. The molecule has 1 radical (unpaired) electrons. The second-order valence-electron chi connectivity index (χ2n) is 0.989. The Morgan fingerprint density at radius 1 is 1.50 bits per heavy atom. The van der Waals surface area contributed by atoms with Crippen LogP contribution >= 0.6 is 0 Å². The Labute approximate surface area is 47.9 Å². The molecule has 0 fully saturated rings. The van der Waals surface area contributed by atoms with E-state index >= 15 is 0 Å². The van der Waals surface area contributed by atoms with Gasteiger partial charge in [0.25, 0.3) is 5.95 Å². The van der Waals surface area contributed by atoms with E-state index in [9.17, 15) is 4.79 Å². The summed E-state index contributed by atoms with van der Waals surface area (Å²) in [5.41, 5.74) is 0. The highest BCUT2D eigenvalue weighted by molar-refractivity contribution is 5.65. The summed E-state index contributed by atoms with van der Waals surface area (Å²) < 4.78 is 9.03. The molecule has 0 saturated carbocycles. The summed E-state index contributed by atoms with van der Waals surface area (Å²) >= 11 is 0. The van der Waals surface area contributed by atoms with Gasteiger partial charge in [0.2, 0.25) is 6.29 Å². The number of hydrogen-bond acceptors (Lipinski definition) is 3. The highest BCUT2D eigenvalue weighted by Crippen LogP contribution is 1.90. The van der Waals surface area contributed by atoms with E-state index in [2.05, 4.69) is 9.47 Å². The highest BCUT2D eigenvalue weighted by Gasteiger charge is 1.87. The normalized spacial score (nSPS) is 7.25. The van der Waals surface area contributed by atoms with Crippen LogP contribution in [0.25, 0.3) is 0 Å². The highest BCUT2D eigenvalue weighted by atomic mass is 16.7. The fourth-order valence-corrected chi connectivity index (χ4v) is 0.249. The van der Waals surface area contributed by atoms with Gasteiger partial charge in [-0.1, -0.05) is 0 Å². The summed E-state index contributed by atoms with van der Waals surface area (Å²) in [6.45, 7) is 0. The van der Waals surface area contributed by atoms with Gasteiger partial charge < -0.3 is 9.47 Å². The molecule has 3 heteroatoms. The maximum atomic E-state index is 9.57. The van der Waals surface area contributed by atoms with Crippen LogP contribution in [0.1, 0.15) is 0 Å². The van der Waals surface area contributed by atoms with E-state index in [1.165, 1.54) is 20.5 Å². The van der Waals surface area contributed by atoms with E-state index in [0.29, 0.717) is 0 Å². The van der Waals surface area contributed by atoms with Gasteiger partial charge in [-0.2, -0.15) is 0 Å². The number of carbonyl (C=O) groups excluding carboxylic acids is 1. The first-order valence-corrected chi connectivity index (χ1v) is 2.01. The van der Waals surface area contributed by atoms with Crippen molar-refractivity contribution in [3.05, 3.63) is 12.0 Å². The molecule has 0 aliphatic rings. The van der Waals surface area contributed by atoms with Crippen LogP contribution in [0.3, 0.4) is 0 Å². The molecule has 0 atom stereocenters. The zero-order valence-electron chi connectivity index (χ0n) is 4.80. The van der Waals surface area contributed by atoms with Crippen LogP contribution in [-0.4, -0.2) is 20.5 Å². The molecule has 0 heterocycles. The maximum absolute atomic E-state index is 9.57. The third-order valence-corrected chi connectivity index (χ3v) is 0.579.